The van der Waals surface area contributed by atoms with Gasteiger partial charge in [-0.15, -0.1) is 5.10 Å². The van der Waals surface area contributed by atoms with E-state index in [9.17, 15) is 0 Å². The van der Waals surface area contributed by atoms with Crippen molar-refractivity contribution in [3.05, 3.63) is 30.1 Å². The van der Waals surface area contributed by atoms with Gasteiger partial charge in [-0.1, -0.05) is 0 Å². The van der Waals surface area contributed by atoms with Gasteiger partial charge in [-0.3, -0.25) is 0 Å². The summed E-state index contributed by atoms with van der Waals surface area (Å²) in [6.45, 7) is 0. The fraction of sp³-hybridized carbons (Fsp3) is 0. The van der Waals surface area contributed by atoms with E-state index in [2.05, 4.69) is 10.2 Å². The number of hydrogen-bond donors (Lipinski definition) is 0. The molecule has 0 saturated heterocycles. The Bertz CT molecular complexity index is 300. The summed E-state index contributed by atoms with van der Waals surface area (Å²) in [5.74, 6) is 0. The van der Waals surface area contributed by atoms with Gasteiger partial charge in [-0.2, -0.15) is 5.10 Å². The minimum Gasteiger partial charge on any atom is -0.306 e. The maximum absolute atomic E-state index is 3.80. The normalized spacial score (nSPS) is 22.9. The molecule has 0 bridgehead atoms. The third-order valence-electron chi connectivity index (χ3n) is 1.47. The first-order chi connectivity index (χ1) is 5.47. The molecule has 0 aliphatic carbocycles. The Morgan fingerprint density at radius 1 is 1.27 bits per heavy atom. The van der Waals surface area contributed by atoms with Gasteiger partial charge >= 0.3 is 0 Å². The van der Waals surface area contributed by atoms with Gasteiger partial charge in [0.05, 0.1) is 0 Å². The molecule has 1 aliphatic rings. The average molecular weight is 145 g/mol. The molecule has 11 heavy (non-hydrogen) atoms. The Morgan fingerprint density at radius 2 is 2.27 bits per heavy atom. The van der Waals surface area contributed by atoms with E-state index in [0.717, 1.165) is 5.69 Å². The quantitative estimate of drug-likeness (QED) is 0.528. The number of allylic oxidation sites excluding steroid dienone is 1. The predicted molar refractivity (Wildman–Crippen MR) is 45.8 cm³/mol. The lowest BCUT2D eigenvalue weighted by Gasteiger charge is -1.96. The minimum absolute atomic E-state index is 1.11. The van der Waals surface area contributed by atoms with E-state index in [1.165, 1.54) is 0 Å². The minimum atomic E-state index is 1.11. The third kappa shape index (κ3) is 1.12. The Labute approximate surface area is 64.4 Å². The van der Waals surface area contributed by atoms with Crippen LogP contribution in [0.5, 0.6) is 0 Å². The molecule has 2 heterocycles. The topological polar surface area (TPSA) is 29.6 Å². The summed E-state index contributed by atoms with van der Waals surface area (Å²) in [6, 6.07) is 3.98. The summed E-state index contributed by atoms with van der Waals surface area (Å²) in [7, 11) is 0. The van der Waals surface area contributed by atoms with Gasteiger partial charge < -0.3 is 4.57 Å². The van der Waals surface area contributed by atoms with Crippen LogP contribution < -0.4 is 0 Å². The van der Waals surface area contributed by atoms with E-state index < -0.39 is 0 Å². The molecule has 3 heteroatoms. The Kier molecular flexibility index (Phi) is 1.41. The van der Waals surface area contributed by atoms with Crippen LogP contribution in [0.2, 0.25) is 0 Å². The molecule has 0 spiro atoms. The molecule has 3 nitrogen and oxygen atoms in total. The summed E-state index contributed by atoms with van der Waals surface area (Å²) < 4.78 is 1.91. The monoisotopic (exact) mass is 145 g/mol. The maximum atomic E-state index is 3.80. The number of aromatic nitrogens is 1. The Hall–Kier alpha value is -1.64. The first kappa shape index (κ1) is 6.09. The van der Waals surface area contributed by atoms with Crippen molar-refractivity contribution in [2.45, 2.75) is 0 Å². The highest BCUT2D eigenvalue weighted by molar-refractivity contribution is 5.80. The molecular formula is C8H7N3. The summed E-state index contributed by atoms with van der Waals surface area (Å²) in [5.41, 5.74) is 1.11. The second-order valence-corrected chi connectivity index (χ2v) is 2.19. The maximum Gasteiger partial charge on any atom is 0.122 e. The Morgan fingerprint density at radius 3 is 3.27 bits per heavy atom. The third-order valence-corrected chi connectivity index (χ3v) is 1.47. The molecule has 2 rings (SSSR count). The van der Waals surface area contributed by atoms with E-state index in [1.54, 1.807) is 12.6 Å². The van der Waals surface area contributed by atoms with Crippen LogP contribution in [0.15, 0.2) is 34.6 Å². The molecule has 54 valence electrons. The summed E-state index contributed by atoms with van der Waals surface area (Å²) >= 11 is 0. The van der Waals surface area contributed by atoms with Gasteiger partial charge in [0.2, 0.25) is 0 Å². The van der Waals surface area contributed by atoms with Crippen LogP contribution in [-0.2, 0) is 0 Å². The highest BCUT2D eigenvalue weighted by Gasteiger charge is 1.92. The highest BCUT2D eigenvalue weighted by atomic mass is 15.2. The molecule has 0 aromatic carbocycles. The predicted octanol–water partition coefficient (Wildman–Crippen LogP) is 1.38. The van der Waals surface area contributed by atoms with Crippen LogP contribution in [0.1, 0.15) is 5.69 Å². The average Bonchev–Trinajstić information content (AvgIpc) is 2.35. The van der Waals surface area contributed by atoms with Gasteiger partial charge in [-0.05, 0) is 24.3 Å². The van der Waals surface area contributed by atoms with E-state index in [1.807, 2.05) is 35.0 Å². The summed E-state index contributed by atoms with van der Waals surface area (Å²) in [6.07, 6.45) is 9.11. The van der Waals surface area contributed by atoms with Crippen molar-refractivity contribution < 1.29 is 0 Å². The first-order valence-electron chi connectivity index (χ1n) is 3.37. The molecular weight excluding hydrogens is 138 g/mol. The fourth-order valence-corrected chi connectivity index (χ4v) is 0.957. The lowest BCUT2D eigenvalue weighted by atomic mass is 10.4. The lowest BCUT2D eigenvalue weighted by molar-refractivity contribution is 1.13. The molecule has 0 unspecified atom stereocenters. The van der Waals surface area contributed by atoms with Gasteiger partial charge in [0, 0.05) is 18.1 Å². The number of nitrogens with zero attached hydrogens (tertiary/aromatic N) is 3. The van der Waals surface area contributed by atoms with Crippen molar-refractivity contribution >= 4 is 18.6 Å². The van der Waals surface area contributed by atoms with Gasteiger partial charge in [0.15, 0.2) is 0 Å². The van der Waals surface area contributed by atoms with Gasteiger partial charge in [0.1, 0.15) is 6.34 Å². The SMILES string of the molecule is C1=C/c2cccn2\C=N/N=C\1. The van der Waals surface area contributed by atoms with Crippen molar-refractivity contribution in [2.24, 2.45) is 10.2 Å². The summed E-state index contributed by atoms with van der Waals surface area (Å²) in [4.78, 5) is 0. The van der Waals surface area contributed by atoms with Crippen molar-refractivity contribution in [3.8, 4) is 0 Å². The molecule has 0 radical (unpaired) electrons. The molecule has 0 saturated carbocycles. The van der Waals surface area contributed by atoms with Crippen molar-refractivity contribution in [1.82, 2.24) is 4.57 Å². The highest BCUT2D eigenvalue weighted by Crippen LogP contribution is 2.02. The van der Waals surface area contributed by atoms with E-state index in [4.69, 9.17) is 0 Å². The Balaban J connectivity index is 2.52. The zero-order valence-corrected chi connectivity index (χ0v) is 5.88. The first-order valence-corrected chi connectivity index (χ1v) is 3.37. The smallest absolute Gasteiger partial charge is 0.122 e. The van der Waals surface area contributed by atoms with Crippen LogP contribution >= 0.6 is 0 Å². The van der Waals surface area contributed by atoms with E-state index in [-0.39, 0.29) is 0 Å². The fourth-order valence-electron chi connectivity index (χ4n) is 0.957. The van der Waals surface area contributed by atoms with Crippen LogP contribution in [0.25, 0.3) is 6.08 Å². The van der Waals surface area contributed by atoms with E-state index >= 15 is 0 Å². The molecule has 1 aromatic heterocycles. The van der Waals surface area contributed by atoms with Gasteiger partial charge in [-0.25, -0.2) is 0 Å². The molecule has 0 atom stereocenters. The largest absolute Gasteiger partial charge is 0.306 e. The van der Waals surface area contributed by atoms with Crippen LogP contribution in [-0.4, -0.2) is 17.1 Å². The van der Waals surface area contributed by atoms with E-state index in [0.29, 0.717) is 0 Å². The van der Waals surface area contributed by atoms with Gasteiger partial charge in [0.25, 0.3) is 0 Å². The number of hydrogen-bond acceptors (Lipinski definition) is 2. The number of rotatable bonds is 0. The second-order valence-electron chi connectivity index (χ2n) is 2.19. The zero-order valence-electron chi connectivity index (χ0n) is 5.88. The molecule has 1 aromatic rings. The zero-order chi connectivity index (χ0) is 7.52. The van der Waals surface area contributed by atoms with Crippen LogP contribution in [0.4, 0.5) is 0 Å². The molecule has 1 aliphatic heterocycles. The van der Waals surface area contributed by atoms with Crippen molar-refractivity contribution in [2.75, 3.05) is 0 Å². The summed E-state index contributed by atoms with van der Waals surface area (Å²) in [5, 5.41) is 7.55. The second kappa shape index (κ2) is 2.54. The van der Waals surface area contributed by atoms with Crippen molar-refractivity contribution in [3.63, 3.8) is 0 Å². The van der Waals surface area contributed by atoms with Crippen LogP contribution in [0.3, 0.4) is 0 Å². The number of fused-ring (bicyclic) bond motifs is 1. The molecule has 0 fully saturated rings. The molecule has 0 amide bonds. The van der Waals surface area contributed by atoms with Crippen LogP contribution in [0, 0.1) is 0 Å². The standard InChI is InChI=1S/C8H7N3/c1-3-8-4-2-6-11(8)7-10-9-5-1/h1-7H/b3-1-,9-5-,10-7-. The van der Waals surface area contributed by atoms with Crippen molar-refractivity contribution in [1.29, 1.82) is 0 Å². The molecule has 0 N–H and O–H groups in total. The lowest BCUT2D eigenvalue weighted by Crippen LogP contribution is -1.95.